The molecule has 0 saturated heterocycles. The third kappa shape index (κ3) is 4.12. The van der Waals surface area contributed by atoms with Crippen molar-refractivity contribution in [1.82, 2.24) is 10.3 Å². The Kier molecular flexibility index (Phi) is 5.63. The molecular weight excluding hydrogens is 279 g/mol. The topological polar surface area (TPSA) is 45.1 Å². The SMILES string of the molecule is Cc1cccc(-c2ccc(F)c(CN[C@@H](CO)C(C)C)n2)c1. The van der Waals surface area contributed by atoms with Gasteiger partial charge in [-0.2, -0.15) is 0 Å². The van der Waals surface area contributed by atoms with Crippen LogP contribution in [0.4, 0.5) is 4.39 Å². The van der Waals surface area contributed by atoms with Gasteiger partial charge in [0.25, 0.3) is 0 Å². The Morgan fingerprint density at radius 2 is 2.00 bits per heavy atom. The van der Waals surface area contributed by atoms with E-state index in [0.717, 1.165) is 16.8 Å². The molecule has 0 amide bonds. The zero-order chi connectivity index (χ0) is 16.1. The lowest BCUT2D eigenvalue weighted by Crippen LogP contribution is -2.36. The van der Waals surface area contributed by atoms with E-state index in [1.807, 2.05) is 45.0 Å². The highest BCUT2D eigenvalue weighted by atomic mass is 19.1. The molecule has 0 aliphatic heterocycles. The second kappa shape index (κ2) is 7.47. The molecule has 0 spiro atoms. The highest BCUT2D eigenvalue weighted by Gasteiger charge is 2.13. The van der Waals surface area contributed by atoms with Crippen molar-refractivity contribution in [2.45, 2.75) is 33.4 Å². The first kappa shape index (κ1) is 16.6. The Morgan fingerprint density at radius 3 is 2.64 bits per heavy atom. The highest BCUT2D eigenvalue weighted by Crippen LogP contribution is 2.20. The summed E-state index contributed by atoms with van der Waals surface area (Å²) in [7, 11) is 0. The van der Waals surface area contributed by atoms with Crippen LogP contribution in [0.25, 0.3) is 11.3 Å². The first-order valence-corrected chi connectivity index (χ1v) is 7.58. The Balaban J connectivity index is 2.20. The number of nitrogens with one attached hydrogen (secondary N) is 1. The average Bonchev–Trinajstić information content (AvgIpc) is 2.49. The number of rotatable bonds is 6. The molecule has 1 aromatic heterocycles. The molecule has 2 N–H and O–H groups in total. The van der Waals surface area contributed by atoms with Gasteiger partial charge < -0.3 is 10.4 Å². The summed E-state index contributed by atoms with van der Waals surface area (Å²) in [6.45, 7) is 6.37. The van der Waals surface area contributed by atoms with Crippen LogP contribution in [0.5, 0.6) is 0 Å². The summed E-state index contributed by atoms with van der Waals surface area (Å²) in [6, 6.07) is 11.1. The average molecular weight is 302 g/mol. The van der Waals surface area contributed by atoms with Crippen LogP contribution in [0, 0.1) is 18.7 Å². The van der Waals surface area contributed by atoms with Gasteiger partial charge in [-0.1, -0.05) is 37.6 Å². The molecule has 0 radical (unpaired) electrons. The first-order chi connectivity index (χ1) is 10.5. The molecule has 0 saturated carbocycles. The number of aliphatic hydroxyl groups excluding tert-OH is 1. The molecule has 2 aromatic rings. The molecule has 4 heteroatoms. The summed E-state index contributed by atoms with van der Waals surface area (Å²) in [4.78, 5) is 4.43. The van der Waals surface area contributed by atoms with E-state index >= 15 is 0 Å². The number of aliphatic hydroxyl groups is 1. The van der Waals surface area contributed by atoms with Gasteiger partial charge in [-0.3, -0.25) is 0 Å². The zero-order valence-electron chi connectivity index (χ0n) is 13.3. The van der Waals surface area contributed by atoms with Crippen molar-refractivity contribution in [2.75, 3.05) is 6.61 Å². The maximum atomic E-state index is 14.0. The molecule has 0 aliphatic rings. The maximum Gasteiger partial charge on any atom is 0.146 e. The largest absolute Gasteiger partial charge is 0.395 e. The summed E-state index contributed by atoms with van der Waals surface area (Å²) >= 11 is 0. The van der Waals surface area contributed by atoms with Gasteiger partial charge in [0.15, 0.2) is 0 Å². The van der Waals surface area contributed by atoms with Crippen molar-refractivity contribution in [3.63, 3.8) is 0 Å². The van der Waals surface area contributed by atoms with Crippen LogP contribution in [-0.2, 0) is 6.54 Å². The molecular formula is C18H23FN2O. The summed E-state index contributed by atoms with van der Waals surface area (Å²) in [6.07, 6.45) is 0. The predicted molar refractivity (Wildman–Crippen MR) is 86.9 cm³/mol. The second-order valence-electron chi connectivity index (χ2n) is 5.91. The Hall–Kier alpha value is -1.78. The van der Waals surface area contributed by atoms with Crippen LogP contribution in [0.15, 0.2) is 36.4 Å². The van der Waals surface area contributed by atoms with Crippen LogP contribution < -0.4 is 5.32 Å². The molecule has 3 nitrogen and oxygen atoms in total. The van der Waals surface area contributed by atoms with Gasteiger partial charge in [0.2, 0.25) is 0 Å². The van der Waals surface area contributed by atoms with Gasteiger partial charge in [0.05, 0.1) is 18.0 Å². The van der Waals surface area contributed by atoms with Crippen molar-refractivity contribution >= 4 is 0 Å². The molecule has 0 aliphatic carbocycles. The van der Waals surface area contributed by atoms with Gasteiger partial charge >= 0.3 is 0 Å². The molecule has 1 aromatic carbocycles. The summed E-state index contributed by atoms with van der Waals surface area (Å²) in [5.74, 6) is -0.0580. The van der Waals surface area contributed by atoms with Gasteiger partial charge in [-0.05, 0) is 31.0 Å². The van der Waals surface area contributed by atoms with Crippen molar-refractivity contribution in [3.05, 3.63) is 53.5 Å². The van der Waals surface area contributed by atoms with Gasteiger partial charge in [-0.25, -0.2) is 9.37 Å². The monoisotopic (exact) mass is 302 g/mol. The van der Waals surface area contributed by atoms with E-state index < -0.39 is 0 Å². The van der Waals surface area contributed by atoms with Crippen molar-refractivity contribution in [2.24, 2.45) is 5.92 Å². The molecule has 22 heavy (non-hydrogen) atoms. The minimum absolute atomic E-state index is 0.0247. The number of hydrogen-bond acceptors (Lipinski definition) is 3. The normalized spacial score (nSPS) is 12.6. The van der Waals surface area contributed by atoms with E-state index in [2.05, 4.69) is 10.3 Å². The standard InChI is InChI=1S/C18H23FN2O/c1-12(2)18(11-22)20-10-17-15(19)7-8-16(21-17)14-6-4-5-13(3)9-14/h4-9,12,18,20,22H,10-11H2,1-3H3/t18-/m0/s1. The van der Waals surface area contributed by atoms with Gasteiger partial charge in [0, 0.05) is 18.2 Å². The molecule has 1 atom stereocenters. The van der Waals surface area contributed by atoms with Gasteiger partial charge in [-0.15, -0.1) is 0 Å². The third-order valence-electron chi connectivity index (χ3n) is 3.77. The van der Waals surface area contributed by atoms with E-state index in [1.54, 1.807) is 6.07 Å². The number of pyridine rings is 1. The van der Waals surface area contributed by atoms with Crippen LogP contribution in [0.2, 0.25) is 0 Å². The molecule has 0 unspecified atom stereocenters. The van der Waals surface area contributed by atoms with Gasteiger partial charge in [0.1, 0.15) is 5.82 Å². The van der Waals surface area contributed by atoms with E-state index in [1.165, 1.54) is 6.07 Å². The lowest BCUT2D eigenvalue weighted by Gasteiger charge is -2.20. The Morgan fingerprint density at radius 1 is 1.23 bits per heavy atom. The smallest absolute Gasteiger partial charge is 0.146 e. The van der Waals surface area contributed by atoms with Crippen LogP contribution >= 0.6 is 0 Å². The maximum absolute atomic E-state index is 14.0. The number of halogens is 1. The molecule has 0 bridgehead atoms. The predicted octanol–water partition coefficient (Wildman–Crippen LogP) is 3.30. The Labute approximate surface area is 131 Å². The van der Waals surface area contributed by atoms with E-state index in [0.29, 0.717) is 12.2 Å². The van der Waals surface area contributed by atoms with Crippen LogP contribution in [0.3, 0.4) is 0 Å². The summed E-state index contributed by atoms with van der Waals surface area (Å²) < 4.78 is 14.0. The number of aryl methyl sites for hydroxylation is 1. The first-order valence-electron chi connectivity index (χ1n) is 7.58. The van der Waals surface area contributed by atoms with Crippen LogP contribution in [-0.4, -0.2) is 22.7 Å². The third-order valence-corrected chi connectivity index (χ3v) is 3.77. The van der Waals surface area contributed by atoms with E-state index in [9.17, 15) is 9.50 Å². The number of hydrogen-bond donors (Lipinski definition) is 2. The van der Waals surface area contributed by atoms with Crippen molar-refractivity contribution in [3.8, 4) is 11.3 Å². The quantitative estimate of drug-likeness (QED) is 0.860. The molecule has 1 heterocycles. The minimum atomic E-state index is -0.329. The fourth-order valence-electron chi connectivity index (χ4n) is 2.31. The molecule has 118 valence electrons. The minimum Gasteiger partial charge on any atom is -0.395 e. The zero-order valence-corrected chi connectivity index (χ0v) is 13.3. The Bertz CT molecular complexity index is 628. The highest BCUT2D eigenvalue weighted by molar-refractivity contribution is 5.60. The fraction of sp³-hybridized carbons (Fsp3) is 0.389. The number of aromatic nitrogens is 1. The molecule has 2 rings (SSSR count). The lowest BCUT2D eigenvalue weighted by atomic mass is 10.1. The number of nitrogens with zero attached hydrogens (tertiary/aromatic N) is 1. The molecule has 0 fully saturated rings. The summed E-state index contributed by atoms with van der Waals surface area (Å²) in [5.41, 5.74) is 3.25. The van der Waals surface area contributed by atoms with Crippen LogP contribution in [0.1, 0.15) is 25.1 Å². The second-order valence-corrected chi connectivity index (χ2v) is 5.91. The van der Waals surface area contributed by atoms with Crippen molar-refractivity contribution in [1.29, 1.82) is 0 Å². The van der Waals surface area contributed by atoms with Crippen molar-refractivity contribution < 1.29 is 9.50 Å². The number of benzene rings is 1. The van der Waals surface area contributed by atoms with E-state index in [4.69, 9.17) is 0 Å². The fourth-order valence-corrected chi connectivity index (χ4v) is 2.31. The van der Waals surface area contributed by atoms with E-state index in [-0.39, 0.29) is 24.4 Å². The summed E-state index contributed by atoms with van der Waals surface area (Å²) in [5, 5.41) is 12.5. The lowest BCUT2D eigenvalue weighted by molar-refractivity contribution is 0.209.